The Balaban J connectivity index is 1.70. The first kappa shape index (κ1) is 21.5. The van der Waals surface area contributed by atoms with Crippen LogP contribution in [0.25, 0.3) is 0 Å². The molecule has 2 atom stereocenters. The predicted molar refractivity (Wildman–Crippen MR) is 114 cm³/mol. The summed E-state index contributed by atoms with van der Waals surface area (Å²) < 4.78 is 42.2. The summed E-state index contributed by atoms with van der Waals surface area (Å²) in [7, 11) is 0. The van der Waals surface area contributed by atoms with Crippen LogP contribution in [0.2, 0.25) is 10.0 Å². The number of hydrogen-bond acceptors (Lipinski definition) is 3. The van der Waals surface area contributed by atoms with E-state index < -0.39 is 24.2 Å². The fourth-order valence-electron chi connectivity index (χ4n) is 3.54. The molecule has 1 amide bonds. The van der Waals surface area contributed by atoms with Crippen LogP contribution in [0.4, 0.5) is 24.7 Å². The molecular formula is C21H17Cl2F3N4O. The lowest BCUT2D eigenvalue weighted by Gasteiger charge is -2.34. The van der Waals surface area contributed by atoms with Gasteiger partial charge in [0, 0.05) is 6.42 Å². The summed E-state index contributed by atoms with van der Waals surface area (Å²) >= 11 is 12.1. The molecular weight excluding hydrogens is 452 g/mol. The van der Waals surface area contributed by atoms with Gasteiger partial charge in [0.2, 0.25) is 0 Å². The van der Waals surface area contributed by atoms with Crippen LogP contribution < -0.4 is 10.6 Å². The van der Waals surface area contributed by atoms with Gasteiger partial charge in [0.05, 0.1) is 28.0 Å². The maximum absolute atomic E-state index is 13.8. The Bertz CT molecular complexity index is 1130. The number of hydrogen-bond donors (Lipinski definition) is 2. The molecule has 31 heavy (non-hydrogen) atoms. The monoisotopic (exact) mass is 468 g/mol. The molecule has 1 aliphatic rings. The first-order valence-electron chi connectivity index (χ1n) is 9.38. The van der Waals surface area contributed by atoms with E-state index >= 15 is 0 Å². The number of aromatic nitrogens is 2. The van der Waals surface area contributed by atoms with Crippen LogP contribution in [0.15, 0.2) is 48.7 Å². The molecule has 1 aliphatic heterocycles. The number of alkyl halides is 3. The largest absolute Gasteiger partial charge is 0.410 e. The van der Waals surface area contributed by atoms with E-state index in [2.05, 4.69) is 15.7 Å². The van der Waals surface area contributed by atoms with Crippen molar-refractivity contribution in [3.63, 3.8) is 0 Å². The highest BCUT2D eigenvalue weighted by atomic mass is 35.5. The smallest absolute Gasteiger partial charge is 0.363 e. The first-order valence-corrected chi connectivity index (χ1v) is 10.1. The molecule has 162 valence electrons. The number of halogens is 5. The maximum Gasteiger partial charge on any atom is 0.410 e. The van der Waals surface area contributed by atoms with E-state index in [9.17, 15) is 18.0 Å². The summed E-state index contributed by atoms with van der Waals surface area (Å²) in [5, 5.41) is 9.89. The van der Waals surface area contributed by atoms with Gasteiger partial charge in [0.25, 0.3) is 5.91 Å². The van der Waals surface area contributed by atoms with Crippen molar-refractivity contribution in [2.45, 2.75) is 31.6 Å². The van der Waals surface area contributed by atoms with E-state index in [4.69, 9.17) is 23.2 Å². The van der Waals surface area contributed by atoms with E-state index in [1.807, 2.05) is 19.1 Å². The summed E-state index contributed by atoms with van der Waals surface area (Å²) in [4.78, 5) is 12.9. The topological polar surface area (TPSA) is 59.0 Å². The number of carbonyl (C=O) groups excluding carboxylic acids is 1. The number of aryl methyl sites for hydroxylation is 1. The van der Waals surface area contributed by atoms with Crippen molar-refractivity contribution in [2.24, 2.45) is 0 Å². The van der Waals surface area contributed by atoms with Gasteiger partial charge in [-0.3, -0.25) is 4.79 Å². The van der Waals surface area contributed by atoms with Crippen molar-refractivity contribution >= 4 is 40.6 Å². The highest BCUT2D eigenvalue weighted by molar-refractivity contribution is 6.44. The van der Waals surface area contributed by atoms with Gasteiger partial charge in [0.1, 0.15) is 11.4 Å². The molecule has 2 N–H and O–H groups in total. The molecule has 2 aromatic carbocycles. The Hall–Kier alpha value is -2.71. The third kappa shape index (κ3) is 4.22. The lowest BCUT2D eigenvalue weighted by atomic mass is 9.96. The van der Waals surface area contributed by atoms with Crippen LogP contribution in [-0.4, -0.2) is 21.9 Å². The minimum Gasteiger partial charge on any atom is -0.363 e. The van der Waals surface area contributed by atoms with Crippen molar-refractivity contribution < 1.29 is 18.0 Å². The number of carbonyl (C=O) groups is 1. The number of nitrogens with one attached hydrogen (secondary N) is 2. The van der Waals surface area contributed by atoms with E-state index in [0.717, 1.165) is 16.4 Å². The minimum atomic E-state index is -4.53. The molecule has 0 fully saturated rings. The molecule has 0 aliphatic carbocycles. The fraction of sp³-hybridized carbons (Fsp3) is 0.238. The second-order valence-corrected chi connectivity index (χ2v) is 8.09. The number of fused-ring (bicyclic) bond motifs is 1. The average molecular weight is 469 g/mol. The van der Waals surface area contributed by atoms with Gasteiger partial charge in [-0.2, -0.15) is 18.3 Å². The van der Waals surface area contributed by atoms with Gasteiger partial charge in [-0.25, -0.2) is 4.68 Å². The van der Waals surface area contributed by atoms with Gasteiger partial charge in [-0.15, -0.1) is 0 Å². The molecule has 0 saturated heterocycles. The van der Waals surface area contributed by atoms with Crippen molar-refractivity contribution in [3.05, 3.63) is 75.4 Å². The summed E-state index contributed by atoms with van der Waals surface area (Å²) in [6, 6.07) is 9.41. The zero-order valence-electron chi connectivity index (χ0n) is 16.2. The lowest BCUT2D eigenvalue weighted by molar-refractivity contribution is -0.173. The third-order valence-electron chi connectivity index (χ3n) is 5.16. The van der Waals surface area contributed by atoms with Crippen LogP contribution in [0.5, 0.6) is 0 Å². The normalized spacial score (nSPS) is 18.3. The van der Waals surface area contributed by atoms with E-state index in [1.54, 1.807) is 30.3 Å². The van der Waals surface area contributed by atoms with Crippen molar-refractivity contribution in [1.82, 2.24) is 9.78 Å². The van der Waals surface area contributed by atoms with Crippen molar-refractivity contribution in [3.8, 4) is 0 Å². The number of amides is 1. The highest BCUT2D eigenvalue weighted by Gasteiger charge is 2.47. The number of rotatable bonds is 3. The summed E-state index contributed by atoms with van der Waals surface area (Å²) in [5.74, 6) is -0.654. The molecule has 10 heteroatoms. The summed E-state index contributed by atoms with van der Waals surface area (Å²) in [6.45, 7) is 1.90. The SMILES string of the molecule is Cc1ccc(C2CC(C(F)(F)F)n3ncc(C(=O)Nc4cccc(Cl)c4Cl)c3N2)cc1. The first-order chi connectivity index (χ1) is 14.6. The second-order valence-electron chi connectivity index (χ2n) is 7.31. The standard InChI is InChI=1S/C21H17Cl2F3N4O/c1-11-5-7-12(8-6-11)16-9-17(21(24,25)26)30-19(28-16)13(10-27-30)20(31)29-15-4-2-3-14(22)18(15)23/h2-8,10,16-17,28H,9H2,1H3,(H,29,31). The Morgan fingerprint density at radius 3 is 2.58 bits per heavy atom. The van der Waals surface area contributed by atoms with E-state index in [0.29, 0.717) is 5.56 Å². The molecule has 2 heterocycles. The van der Waals surface area contributed by atoms with Crippen LogP contribution in [0.3, 0.4) is 0 Å². The molecule has 0 spiro atoms. The molecule has 5 nitrogen and oxygen atoms in total. The van der Waals surface area contributed by atoms with Gasteiger partial charge in [-0.1, -0.05) is 59.1 Å². The quantitative estimate of drug-likeness (QED) is 0.466. The average Bonchev–Trinajstić information content (AvgIpc) is 3.14. The number of nitrogens with zero attached hydrogens (tertiary/aromatic N) is 2. The minimum absolute atomic E-state index is 0.00481. The van der Waals surface area contributed by atoms with Gasteiger partial charge >= 0.3 is 6.18 Å². The van der Waals surface area contributed by atoms with E-state index in [1.165, 1.54) is 0 Å². The Labute approximate surface area is 186 Å². The number of anilines is 2. The highest BCUT2D eigenvalue weighted by Crippen LogP contribution is 2.44. The Morgan fingerprint density at radius 1 is 1.19 bits per heavy atom. The molecule has 0 radical (unpaired) electrons. The Kier molecular flexibility index (Phi) is 5.61. The van der Waals surface area contributed by atoms with Crippen LogP contribution in [0.1, 0.15) is 40.0 Å². The fourth-order valence-corrected chi connectivity index (χ4v) is 3.88. The van der Waals surface area contributed by atoms with Crippen LogP contribution in [0, 0.1) is 6.92 Å². The van der Waals surface area contributed by atoms with E-state index in [-0.39, 0.29) is 33.5 Å². The van der Waals surface area contributed by atoms with Crippen LogP contribution in [-0.2, 0) is 0 Å². The zero-order valence-corrected chi connectivity index (χ0v) is 17.7. The van der Waals surface area contributed by atoms with Gasteiger partial charge < -0.3 is 10.6 Å². The molecule has 0 bridgehead atoms. The van der Waals surface area contributed by atoms with Gasteiger partial charge in [-0.05, 0) is 24.6 Å². The predicted octanol–water partition coefficient (Wildman–Crippen LogP) is 6.41. The molecule has 0 saturated carbocycles. The lowest BCUT2D eigenvalue weighted by Crippen LogP contribution is -2.36. The van der Waals surface area contributed by atoms with Crippen LogP contribution >= 0.6 is 23.2 Å². The molecule has 3 aromatic rings. The van der Waals surface area contributed by atoms with Crippen molar-refractivity contribution in [1.29, 1.82) is 0 Å². The molecule has 4 rings (SSSR count). The molecule has 2 unspecified atom stereocenters. The second kappa shape index (κ2) is 8.09. The van der Waals surface area contributed by atoms with Gasteiger partial charge in [0.15, 0.2) is 6.04 Å². The van der Waals surface area contributed by atoms with Crippen molar-refractivity contribution in [2.75, 3.05) is 10.6 Å². The third-order valence-corrected chi connectivity index (χ3v) is 5.98. The maximum atomic E-state index is 13.8. The summed E-state index contributed by atoms with van der Waals surface area (Å²) in [6.07, 6.45) is -3.66. The zero-order chi connectivity index (χ0) is 22.3. The molecule has 1 aromatic heterocycles. The number of benzene rings is 2. The Morgan fingerprint density at radius 2 is 1.90 bits per heavy atom. The summed E-state index contributed by atoms with van der Waals surface area (Å²) in [5.41, 5.74) is 1.91.